The molecule has 0 spiro atoms. The summed E-state index contributed by atoms with van der Waals surface area (Å²) in [7, 11) is -1.15. The van der Waals surface area contributed by atoms with Crippen LogP contribution in [0, 0.1) is 18.6 Å². The molecular weight excluding hydrogens is 460 g/mol. The van der Waals surface area contributed by atoms with Gasteiger partial charge in [-0.2, -0.15) is 0 Å². The Morgan fingerprint density at radius 3 is 2.50 bits per heavy atom. The number of rotatable bonds is 4. The molecule has 0 saturated carbocycles. The fourth-order valence-electron chi connectivity index (χ4n) is 3.80. The Morgan fingerprint density at radius 2 is 1.76 bits per heavy atom. The van der Waals surface area contributed by atoms with Gasteiger partial charge in [-0.1, -0.05) is 24.3 Å². The number of nitrogens with one attached hydrogen (secondary N) is 2. The van der Waals surface area contributed by atoms with E-state index < -0.39 is 34.2 Å². The van der Waals surface area contributed by atoms with Crippen molar-refractivity contribution in [1.82, 2.24) is 5.32 Å². The van der Waals surface area contributed by atoms with E-state index in [1.165, 1.54) is 6.07 Å². The first-order chi connectivity index (χ1) is 16.3. The van der Waals surface area contributed by atoms with Gasteiger partial charge in [-0.15, -0.1) is 0 Å². The molecular formula is C25H23F2N3O3S. The molecule has 9 heteroatoms. The number of amides is 3. The Hall–Kier alpha value is -3.59. The molecule has 0 radical (unpaired) electrons. The summed E-state index contributed by atoms with van der Waals surface area (Å²) in [5.41, 5.74) is 2.13. The number of hydrogen-bond acceptors (Lipinski definition) is 3. The van der Waals surface area contributed by atoms with Crippen molar-refractivity contribution in [2.24, 2.45) is 0 Å². The number of urea groups is 1. The molecule has 3 aromatic carbocycles. The normalized spacial score (nSPS) is 15.3. The lowest BCUT2D eigenvalue weighted by atomic mass is 10.0. The van der Waals surface area contributed by atoms with Gasteiger partial charge in [0.25, 0.3) is 5.91 Å². The van der Waals surface area contributed by atoms with Crippen LogP contribution in [0.4, 0.5) is 25.0 Å². The Bertz CT molecular complexity index is 1260. The number of benzene rings is 3. The summed E-state index contributed by atoms with van der Waals surface area (Å²) in [6, 6.07) is 14.9. The number of para-hydroxylation sites is 2. The van der Waals surface area contributed by atoms with E-state index in [9.17, 15) is 22.6 Å². The minimum Gasteiger partial charge on any atom is -0.334 e. The SMILES string of the molecule is Cc1cc(C(=O)N2CCCS(=O)c3ccccc32)ccc1CNC(=O)Nc1c(F)cccc1F. The number of aryl methyl sites for hydroxylation is 1. The summed E-state index contributed by atoms with van der Waals surface area (Å²) in [6.45, 7) is 2.39. The van der Waals surface area contributed by atoms with E-state index in [1.54, 1.807) is 35.2 Å². The van der Waals surface area contributed by atoms with Gasteiger partial charge in [-0.3, -0.25) is 9.00 Å². The first kappa shape index (κ1) is 23.6. The lowest BCUT2D eigenvalue weighted by molar-refractivity contribution is 0.0986. The average Bonchev–Trinajstić information content (AvgIpc) is 2.99. The lowest BCUT2D eigenvalue weighted by Crippen LogP contribution is -2.32. The van der Waals surface area contributed by atoms with E-state index in [1.807, 2.05) is 19.1 Å². The fraction of sp³-hybridized carbons (Fsp3) is 0.200. The second-order valence-corrected chi connectivity index (χ2v) is 9.41. The monoisotopic (exact) mass is 483 g/mol. The summed E-state index contributed by atoms with van der Waals surface area (Å²) in [4.78, 5) is 27.7. The summed E-state index contributed by atoms with van der Waals surface area (Å²) in [5, 5.41) is 4.74. The van der Waals surface area contributed by atoms with E-state index in [2.05, 4.69) is 10.6 Å². The maximum atomic E-state index is 13.7. The van der Waals surface area contributed by atoms with Crippen LogP contribution in [0.2, 0.25) is 0 Å². The molecule has 4 rings (SSSR count). The third kappa shape index (κ3) is 4.99. The zero-order valence-corrected chi connectivity index (χ0v) is 19.3. The summed E-state index contributed by atoms with van der Waals surface area (Å²) >= 11 is 0. The third-order valence-electron chi connectivity index (χ3n) is 5.59. The standard InChI is InChI=1S/C25H23F2N3O3S/c1-16-14-17(24(31)30-12-5-13-34(33)22-9-3-2-8-21(22)30)10-11-18(16)15-28-25(32)29-23-19(26)6-4-7-20(23)27/h2-4,6-11,14H,5,12-13,15H2,1H3,(H2,28,29,32). The molecule has 1 aliphatic rings. The van der Waals surface area contributed by atoms with Gasteiger partial charge >= 0.3 is 6.03 Å². The predicted octanol–water partition coefficient (Wildman–Crippen LogP) is 4.75. The Morgan fingerprint density at radius 1 is 1.03 bits per heavy atom. The van der Waals surface area contributed by atoms with Crippen molar-refractivity contribution in [3.05, 3.63) is 89.0 Å². The Balaban J connectivity index is 1.46. The lowest BCUT2D eigenvalue weighted by Gasteiger charge is -2.23. The van der Waals surface area contributed by atoms with Crippen LogP contribution in [0.15, 0.2) is 65.6 Å². The molecule has 6 nitrogen and oxygen atoms in total. The van der Waals surface area contributed by atoms with E-state index >= 15 is 0 Å². The maximum absolute atomic E-state index is 13.7. The second kappa shape index (κ2) is 10.1. The van der Waals surface area contributed by atoms with Crippen LogP contribution in [0.1, 0.15) is 27.9 Å². The number of fused-ring (bicyclic) bond motifs is 1. The number of anilines is 2. The van der Waals surface area contributed by atoms with Gasteiger partial charge in [0, 0.05) is 24.4 Å². The molecule has 3 aromatic rings. The van der Waals surface area contributed by atoms with Gasteiger partial charge in [-0.25, -0.2) is 13.6 Å². The zero-order chi connectivity index (χ0) is 24.2. The molecule has 0 fully saturated rings. The molecule has 176 valence electrons. The molecule has 3 amide bonds. The van der Waals surface area contributed by atoms with E-state index in [4.69, 9.17) is 0 Å². The van der Waals surface area contributed by atoms with Gasteiger partial charge in [0.05, 0.1) is 21.4 Å². The van der Waals surface area contributed by atoms with Crippen molar-refractivity contribution >= 4 is 34.1 Å². The van der Waals surface area contributed by atoms with Crippen LogP contribution in [0.5, 0.6) is 0 Å². The quantitative estimate of drug-likeness (QED) is 0.562. The third-order valence-corrected chi connectivity index (χ3v) is 7.08. The largest absolute Gasteiger partial charge is 0.334 e. The minimum absolute atomic E-state index is 0.105. The summed E-state index contributed by atoms with van der Waals surface area (Å²) < 4.78 is 39.9. The molecule has 1 heterocycles. The average molecular weight is 484 g/mol. The smallest absolute Gasteiger partial charge is 0.319 e. The summed E-state index contributed by atoms with van der Waals surface area (Å²) in [6.07, 6.45) is 0.631. The number of hydrogen-bond donors (Lipinski definition) is 2. The molecule has 1 atom stereocenters. The van der Waals surface area contributed by atoms with Crippen LogP contribution >= 0.6 is 0 Å². The number of carbonyl (C=O) groups excluding carboxylic acids is 2. The highest BCUT2D eigenvalue weighted by molar-refractivity contribution is 7.85. The van der Waals surface area contributed by atoms with Gasteiger partial charge < -0.3 is 15.5 Å². The molecule has 1 aliphatic heterocycles. The van der Waals surface area contributed by atoms with Gasteiger partial charge in [0.2, 0.25) is 0 Å². The fourth-order valence-corrected chi connectivity index (χ4v) is 5.05. The highest BCUT2D eigenvalue weighted by atomic mass is 32.2. The number of nitrogens with zero attached hydrogens (tertiary/aromatic N) is 1. The first-order valence-electron chi connectivity index (χ1n) is 10.7. The zero-order valence-electron chi connectivity index (χ0n) is 18.4. The molecule has 0 aromatic heterocycles. The molecule has 0 saturated heterocycles. The molecule has 34 heavy (non-hydrogen) atoms. The van der Waals surface area contributed by atoms with Crippen LogP contribution in [0.3, 0.4) is 0 Å². The van der Waals surface area contributed by atoms with Crippen LogP contribution in [0.25, 0.3) is 0 Å². The van der Waals surface area contributed by atoms with E-state index in [0.717, 1.165) is 23.3 Å². The van der Waals surface area contributed by atoms with Crippen molar-refractivity contribution in [3.63, 3.8) is 0 Å². The van der Waals surface area contributed by atoms with Crippen molar-refractivity contribution in [2.45, 2.75) is 24.8 Å². The molecule has 0 bridgehead atoms. The molecule has 1 unspecified atom stereocenters. The number of carbonyl (C=O) groups is 2. The minimum atomic E-state index is -1.15. The number of halogens is 2. The molecule has 2 N–H and O–H groups in total. The van der Waals surface area contributed by atoms with Crippen LogP contribution < -0.4 is 15.5 Å². The van der Waals surface area contributed by atoms with Crippen molar-refractivity contribution in [1.29, 1.82) is 0 Å². The topological polar surface area (TPSA) is 78.5 Å². The van der Waals surface area contributed by atoms with Crippen molar-refractivity contribution in [2.75, 3.05) is 22.5 Å². The van der Waals surface area contributed by atoms with E-state index in [0.29, 0.717) is 34.9 Å². The highest BCUT2D eigenvalue weighted by Gasteiger charge is 2.25. The van der Waals surface area contributed by atoms with Gasteiger partial charge in [0.15, 0.2) is 0 Å². The van der Waals surface area contributed by atoms with Gasteiger partial charge in [0.1, 0.15) is 17.3 Å². The Kier molecular flexibility index (Phi) is 7.02. The van der Waals surface area contributed by atoms with Crippen molar-refractivity contribution in [3.8, 4) is 0 Å². The maximum Gasteiger partial charge on any atom is 0.319 e. The molecule has 0 aliphatic carbocycles. The Labute approximate surface area is 198 Å². The summed E-state index contributed by atoms with van der Waals surface area (Å²) in [5.74, 6) is -1.42. The first-order valence-corrected chi connectivity index (χ1v) is 12.0. The van der Waals surface area contributed by atoms with Crippen LogP contribution in [-0.2, 0) is 17.3 Å². The second-order valence-electron chi connectivity index (χ2n) is 7.87. The van der Waals surface area contributed by atoms with Gasteiger partial charge in [-0.05, 0) is 60.9 Å². The van der Waals surface area contributed by atoms with E-state index in [-0.39, 0.29) is 12.5 Å². The van der Waals surface area contributed by atoms with Crippen molar-refractivity contribution < 1.29 is 22.6 Å². The van der Waals surface area contributed by atoms with Crippen LogP contribution in [-0.4, -0.2) is 28.4 Å². The highest BCUT2D eigenvalue weighted by Crippen LogP contribution is 2.29. The predicted molar refractivity (Wildman–Crippen MR) is 127 cm³/mol.